The molecule has 0 bridgehead atoms. The molecule has 0 aliphatic carbocycles. The molecule has 1 aliphatic rings. The minimum absolute atomic E-state index is 0.297. The summed E-state index contributed by atoms with van der Waals surface area (Å²) >= 11 is 0. The SMILES string of the molecule is CC(C)N1CCN(CCCc2ccccc2)C(CCO)C1. The first-order valence-electron chi connectivity index (χ1n) is 8.33. The normalized spacial score (nSPS) is 21.0. The number of piperazine rings is 1. The molecule has 118 valence electrons. The summed E-state index contributed by atoms with van der Waals surface area (Å²) in [6.07, 6.45) is 3.25. The molecule has 0 spiro atoms. The van der Waals surface area contributed by atoms with Crippen molar-refractivity contribution in [2.24, 2.45) is 0 Å². The highest BCUT2D eigenvalue weighted by Crippen LogP contribution is 2.16. The Morgan fingerprint density at radius 2 is 1.95 bits per heavy atom. The number of aliphatic hydroxyl groups excluding tert-OH is 1. The lowest BCUT2D eigenvalue weighted by atomic mass is 10.1. The molecule has 2 rings (SSSR count). The smallest absolute Gasteiger partial charge is 0.0446 e. The van der Waals surface area contributed by atoms with E-state index in [4.69, 9.17) is 0 Å². The zero-order valence-electron chi connectivity index (χ0n) is 13.5. The molecule has 1 aromatic rings. The van der Waals surface area contributed by atoms with Crippen molar-refractivity contribution < 1.29 is 5.11 Å². The summed E-state index contributed by atoms with van der Waals surface area (Å²) in [6, 6.07) is 11.9. The number of hydrogen-bond acceptors (Lipinski definition) is 3. The second-order valence-electron chi connectivity index (χ2n) is 6.38. The van der Waals surface area contributed by atoms with E-state index < -0.39 is 0 Å². The molecule has 21 heavy (non-hydrogen) atoms. The van der Waals surface area contributed by atoms with Crippen molar-refractivity contribution in [2.75, 3.05) is 32.8 Å². The minimum atomic E-state index is 0.297. The van der Waals surface area contributed by atoms with Gasteiger partial charge in [0.1, 0.15) is 0 Å². The van der Waals surface area contributed by atoms with Gasteiger partial charge in [0.05, 0.1) is 0 Å². The van der Waals surface area contributed by atoms with Gasteiger partial charge in [0.2, 0.25) is 0 Å². The highest BCUT2D eigenvalue weighted by Gasteiger charge is 2.27. The predicted octanol–water partition coefficient (Wildman–Crippen LogP) is 2.40. The Morgan fingerprint density at radius 3 is 2.62 bits per heavy atom. The van der Waals surface area contributed by atoms with Crippen LogP contribution in [0.1, 0.15) is 32.3 Å². The molecule has 0 amide bonds. The van der Waals surface area contributed by atoms with Crippen molar-refractivity contribution in [1.82, 2.24) is 9.80 Å². The van der Waals surface area contributed by atoms with Crippen molar-refractivity contribution in [3.05, 3.63) is 35.9 Å². The number of aliphatic hydroxyl groups is 1. The molecule has 1 aromatic carbocycles. The second kappa shape index (κ2) is 8.52. The van der Waals surface area contributed by atoms with E-state index in [2.05, 4.69) is 54.0 Å². The molecule has 1 saturated heterocycles. The van der Waals surface area contributed by atoms with Crippen molar-refractivity contribution in [2.45, 2.75) is 45.2 Å². The summed E-state index contributed by atoms with van der Waals surface area (Å²) in [5, 5.41) is 9.32. The van der Waals surface area contributed by atoms with E-state index >= 15 is 0 Å². The fraction of sp³-hybridized carbons (Fsp3) is 0.667. The first-order chi connectivity index (χ1) is 10.2. The van der Waals surface area contributed by atoms with Crippen molar-refractivity contribution in [3.8, 4) is 0 Å². The number of rotatable bonds is 7. The number of benzene rings is 1. The topological polar surface area (TPSA) is 26.7 Å². The second-order valence-corrected chi connectivity index (χ2v) is 6.38. The Kier molecular flexibility index (Phi) is 6.68. The largest absolute Gasteiger partial charge is 0.396 e. The molecular formula is C18H30N2O. The van der Waals surface area contributed by atoms with Crippen LogP contribution in [0.3, 0.4) is 0 Å². The number of aryl methyl sites for hydroxylation is 1. The standard InChI is InChI=1S/C18H30N2O/c1-16(2)20-13-12-19(18(15-20)10-14-21)11-6-9-17-7-4-3-5-8-17/h3-5,7-8,16,18,21H,6,9-15H2,1-2H3. The first kappa shape index (κ1) is 16.5. The third kappa shape index (κ3) is 5.10. The van der Waals surface area contributed by atoms with Gasteiger partial charge >= 0.3 is 0 Å². The summed E-state index contributed by atoms with van der Waals surface area (Å²) in [5.41, 5.74) is 1.43. The Labute approximate surface area is 129 Å². The van der Waals surface area contributed by atoms with Crippen LogP contribution in [0.15, 0.2) is 30.3 Å². The van der Waals surface area contributed by atoms with Crippen LogP contribution in [0, 0.1) is 0 Å². The quantitative estimate of drug-likeness (QED) is 0.835. The average Bonchev–Trinajstić information content (AvgIpc) is 2.50. The van der Waals surface area contributed by atoms with Crippen molar-refractivity contribution in [3.63, 3.8) is 0 Å². The monoisotopic (exact) mass is 290 g/mol. The van der Waals surface area contributed by atoms with Crippen LogP contribution in [-0.4, -0.2) is 59.8 Å². The molecule has 0 saturated carbocycles. The number of hydrogen-bond donors (Lipinski definition) is 1. The third-order valence-corrected chi connectivity index (χ3v) is 4.58. The fourth-order valence-corrected chi connectivity index (χ4v) is 3.23. The molecule has 1 atom stereocenters. The van der Waals surface area contributed by atoms with E-state index in [1.54, 1.807) is 0 Å². The predicted molar refractivity (Wildman–Crippen MR) is 88.5 cm³/mol. The van der Waals surface area contributed by atoms with Crippen LogP contribution in [0.25, 0.3) is 0 Å². The van der Waals surface area contributed by atoms with E-state index in [0.717, 1.165) is 39.0 Å². The van der Waals surface area contributed by atoms with Gasteiger partial charge in [-0.1, -0.05) is 30.3 Å². The van der Waals surface area contributed by atoms with E-state index in [1.807, 2.05) is 0 Å². The van der Waals surface area contributed by atoms with E-state index in [9.17, 15) is 5.11 Å². The maximum Gasteiger partial charge on any atom is 0.0446 e. The summed E-state index contributed by atoms with van der Waals surface area (Å²) in [7, 11) is 0. The van der Waals surface area contributed by atoms with Crippen molar-refractivity contribution in [1.29, 1.82) is 0 Å². The third-order valence-electron chi connectivity index (χ3n) is 4.58. The van der Waals surface area contributed by atoms with Crippen LogP contribution in [0.4, 0.5) is 0 Å². The lowest BCUT2D eigenvalue weighted by molar-refractivity contribution is 0.0433. The van der Waals surface area contributed by atoms with E-state index in [0.29, 0.717) is 18.7 Å². The highest BCUT2D eigenvalue weighted by atomic mass is 16.3. The molecule has 1 N–H and O–H groups in total. The summed E-state index contributed by atoms with van der Waals surface area (Å²) in [4.78, 5) is 5.12. The molecule has 1 fully saturated rings. The molecule has 3 heteroatoms. The zero-order chi connectivity index (χ0) is 15.1. The van der Waals surface area contributed by atoms with Gasteiger partial charge in [-0.3, -0.25) is 9.80 Å². The Morgan fingerprint density at radius 1 is 1.19 bits per heavy atom. The Balaban J connectivity index is 1.80. The van der Waals surface area contributed by atoms with Gasteiger partial charge in [0, 0.05) is 38.3 Å². The zero-order valence-corrected chi connectivity index (χ0v) is 13.5. The van der Waals surface area contributed by atoms with Gasteiger partial charge in [-0.2, -0.15) is 0 Å². The highest BCUT2D eigenvalue weighted by molar-refractivity contribution is 5.14. The lowest BCUT2D eigenvalue weighted by Gasteiger charge is -2.43. The maximum atomic E-state index is 9.32. The molecule has 1 aliphatic heterocycles. The maximum absolute atomic E-state index is 9.32. The molecule has 1 unspecified atom stereocenters. The van der Waals surface area contributed by atoms with Crippen LogP contribution in [-0.2, 0) is 6.42 Å². The number of nitrogens with zero attached hydrogens (tertiary/aromatic N) is 2. The van der Waals surface area contributed by atoms with Gasteiger partial charge in [-0.25, -0.2) is 0 Å². The van der Waals surface area contributed by atoms with Gasteiger partial charge in [0.15, 0.2) is 0 Å². The Hall–Kier alpha value is -0.900. The summed E-state index contributed by atoms with van der Waals surface area (Å²) in [6.45, 7) is 9.37. The van der Waals surface area contributed by atoms with Crippen LogP contribution < -0.4 is 0 Å². The molecule has 1 heterocycles. The van der Waals surface area contributed by atoms with Crippen LogP contribution >= 0.6 is 0 Å². The van der Waals surface area contributed by atoms with E-state index in [-0.39, 0.29) is 0 Å². The molecule has 0 aromatic heterocycles. The first-order valence-corrected chi connectivity index (χ1v) is 8.33. The fourth-order valence-electron chi connectivity index (χ4n) is 3.23. The summed E-state index contributed by atoms with van der Waals surface area (Å²) in [5.74, 6) is 0. The average molecular weight is 290 g/mol. The van der Waals surface area contributed by atoms with E-state index in [1.165, 1.54) is 12.0 Å². The molecular weight excluding hydrogens is 260 g/mol. The van der Waals surface area contributed by atoms with Gasteiger partial charge in [-0.05, 0) is 45.2 Å². The van der Waals surface area contributed by atoms with Crippen molar-refractivity contribution >= 4 is 0 Å². The van der Waals surface area contributed by atoms with Gasteiger partial charge in [-0.15, -0.1) is 0 Å². The minimum Gasteiger partial charge on any atom is -0.396 e. The molecule has 3 nitrogen and oxygen atoms in total. The van der Waals surface area contributed by atoms with Gasteiger partial charge in [0.25, 0.3) is 0 Å². The Bertz CT molecular complexity index is 393. The molecule has 0 radical (unpaired) electrons. The lowest BCUT2D eigenvalue weighted by Crippen LogP contribution is -2.55. The van der Waals surface area contributed by atoms with Crippen LogP contribution in [0.5, 0.6) is 0 Å². The van der Waals surface area contributed by atoms with Gasteiger partial charge < -0.3 is 5.11 Å². The van der Waals surface area contributed by atoms with Crippen LogP contribution in [0.2, 0.25) is 0 Å². The summed E-state index contributed by atoms with van der Waals surface area (Å²) < 4.78 is 0.